The second-order valence-electron chi connectivity index (χ2n) is 7.78. The van der Waals surface area contributed by atoms with Gasteiger partial charge in [-0.2, -0.15) is 0 Å². The van der Waals surface area contributed by atoms with E-state index in [1.165, 1.54) is 0 Å². The van der Waals surface area contributed by atoms with Crippen LogP contribution in [-0.4, -0.2) is 16.9 Å². The van der Waals surface area contributed by atoms with Crippen molar-refractivity contribution in [3.8, 4) is 5.75 Å². The quantitative estimate of drug-likeness (QED) is 0.637. The van der Waals surface area contributed by atoms with Crippen LogP contribution in [0.2, 0.25) is 0 Å². The third-order valence-electron chi connectivity index (χ3n) is 5.28. The van der Waals surface area contributed by atoms with Gasteiger partial charge >= 0.3 is 0 Å². The monoisotopic (exact) mass is 386 g/mol. The number of para-hydroxylation sites is 2. The summed E-state index contributed by atoms with van der Waals surface area (Å²) in [4.78, 5) is 15.5. The largest absolute Gasteiger partial charge is 0.491 e. The van der Waals surface area contributed by atoms with Gasteiger partial charge in [-0.15, -0.1) is 0 Å². The van der Waals surface area contributed by atoms with Crippen molar-refractivity contribution in [3.05, 3.63) is 95.6 Å². The van der Waals surface area contributed by atoms with Gasteiger partial charge in [-0.3, -0.25) is 4.79 Å². The van der Waals surface area contributed by atoms with E-state index in [9.17, 15) is 4.79 Å². The van der Waals surface area contributed by atoms with Crippen molar-refractivity contribution in [3.63, 3.8) is 0 Å². The first-order chi connectivity index (χ1) is 14.0. The zero-order valence-electron chi connectivity index (χ0n) is 17.1. The molecule has 0 saturated carbocycles. The number of hydrogen-bond acceptors (Lipinski definition) is 3. The molecule has 148 valence electrons. The van der Waals surface area contributed by atoms with Gasteiger partial charge in [0.1, 0.15) is 11.4 Å². The predicted octanol–water partition coefficient (Wildman–Crippen LogP) is 5.41. The molecule has 0 radical (unpaired) electrons. The number of ether oxygens (including phenoxy) is 1. The maximum absolute atomic E-state index is 13.6. The Morgan fingerprint density at radius 1 is 0.931 bits per heavy atom. The molecule has 1 atom stereocenters. The number of carbonyl (C=O) groups excluding carboxylic acids is 1. The molecule has 1 N–H and O–H groups in total. The highest BCUT2D eigenvalue weighted by atomic mass is 16.5. The fraction of sp³-hybridized carbons (Fsp3) is 0.240. The van der Waals surface area contributed by atoms with Gasteiger partial charge in [0.2, 0.25) is 0 Å². The molecule has 0 bridgehead atoms. The lowest BCUT2D eigenvalue weighted by Gasteiger charge is -2.47. The van der Waals surface area contributed by atoms with Crippen LogP contribution in [0.15, 0.2) is 78.9 Å². The summed E-state index contributed by atoms with van der Waals surface area (Å²) in [5, 5.41) is 3.63. The van der Waals surface area contributed by atoms with Crippen LogP contribution in [0.4, 0.5) is 5.69 Å². The molecule has 3 aromatic carbocycles. The lowest BCUT2D eigenvalue weighted by atomic mass is 9.92. The molecule has 29 heavy (non-hydrogen) atoms. The number of nitrogens with one attached hydrogen (secondary N) is 1. The van der Waals surface area contributed by atoms with Gasteiger partial charge < -0.3 is 15.0 Å². The van der Waals surface area contributed by atoms with Gasteiger partial charge in [0.15, 0.2) is 0 Å². The minimum absolute atomic E-state index is 0.00468. The van der Waals surface area contributed by atoms with Crippen molar-refractivity contribution in [2.24, 2.45) is 0 Å². The van der Waals surface area contributed by atoms with Gasteiger partial charge in [0.25, 0.3) is 5.91 Å². The highest BCUT2D eigenvalue weighted by Crippen LogP contribution is 2.42. The summed E-state index contributed by atoms with van der Waals surface area (Å²) in [6.45, 7) is 6.56. The van der Waals surface area contributed by atoms with E-state index in [-0.39, 0.29) is 12.0 Å². The van der Waals surface area contributed by atoms with E-state index in [1.54, 1.807) is 0 Å². The Balaban J connectivity index is 1.85. The summed E-state index contributed by atoms with van der Waals surface area (Å²) in [6, 6.07) is 25.7. The summed E-state index contributed by atoms with van der Waals surface area (Å²) in [5.74, 6) is 0.785. The van der Waals surface area contributed by atoms with Crippen molar-refractivity contribution in [2.75, 3.05) is 5.32 Å². The smallest absolute Gasteiger partial charge is 0.258 e. The van der Waals surface area contributed by atoms with Gasteiger partial charge in [-0.25, -0.2) is 0 Å². The van der Waals surface area contributed by atoms with E-state index < -0.39 is 5.66 Å². The van der Waals surface area contributed by atoms with Crippen molar-refractivity contribution in [1.29, 1.82) is 0 Å². The summed E-state index contributed by atoms with van der Waals surface area (Å²) in [6.07, 6.45) is 0.0360. The molecule has 1 unspecified atom stereocenters. The maximum Gasteiger partial charge on any atom is 0.258 e. The zero-order valence-corrected chi connectivity index (χ0v) is 17.1. The molecule has 1 aliphatic rings. The molecule has 1 aliphatic heterocycles. The van der Waals surface area contributed by atoms with Gasteiger partial charge in [-0.1, -0.05) is 60.7 Å². The predicted molar refractivity (Wildman–Crippen MR) is 116 cm³/mol. The third kappa shape index (κ3) is 3.58. The lowest BCUT2D eigenvalue weighted by molar-refractivity contribution is 0.0500. The van der Waals surface area contributed by atoms with Crippen LogP contribution >= 0.6 is 0 Å². The third-order valence-corrected chi connectivity index (χ3v) is 5.28. The summed E-state index contributed by atoms with van der Waals surface area (Å²) in [7, 11) is 0. The van der Waals surface area contributed by atoms with Crippen molar-refractivity contribution in [1.82, 2.24) is 4.90 Å². The van der Waals surface area contributed by atoms with E-state index >= 15 is 0 Å². The molecule has 0 aliphatic carbocycles. The Bertz CT molecular complexity index is 1020. The molecule has 1 heterocycles. The SMILES string of the molecule is CC(C)Oc1ccccc1C1(C)Nc2ccccc2C(=O)N1Cc1ccccc1. The molecule has 0 saturated heterocycles. The van der Waals surface area contributed by atoms with Crippen LogP contribution in [0.25, 0.3) is 0 Å². The number of anilines is 1. The highest BCUT2D eigenvalue weighted by molar-refractivity contribution is 6.02. The van der Waals surface area contributed by atoms with Gasteiger partial charge in [0.05, 0.1) is 11.7 Å². The molecular formula is C25H26N2O2. The molecule has 4 nitrogen and oxygen atoms in total. The van der Waals surface area contributed by atoms with Gasteiger partial charge in [0, 0.05) is 17.8 Å². The molecule has 1 amide bonds. The minimum atomic E-state index is -0.757. The van der Waals surface area contributed by atoms with Crippen LogP contribution in [0.3, 0.4) is 0 Å². The van der Waals surface area contributed by atoms with Crippen molar-refractivity contribution in [2.45, 2.75) is 39.1 Å². The van der Waals surface area contributed by atoms with E-state index in [4.69, 9.17) is 4.74 Å². The lowest BCUT2D eigenvalue weighted by Crippen LogP contribution is -2.55. The second-order valence-corrected chi connectivity index (χ2v) is 7.78. The van der Waals surface area contributed by atoms with Gasteiger partial charge in [-0.05, 0) is 44.5 Å². The Morgan fingerprint density at radius 2 is 1.59 bits per heavy atom. The Hall–Kier alpha value is -3.27. The number of amides is 1. The average Bonchev–Trinajstić information content (AvgIpc) is 2.72. The van der Waals surface area contributed by atoms with E-state index in [1.807, 2.05) is 105 Å². The highest BCUT2D eigenvalue weighted by Gasteiger charge is 2.44. The van der Waals surface area contributed by atoms with Crippen LogP contribution in [0.5, 0.6) is 5.75 Å². The zero-order chi connectivity index (χ0) is 20.4. The van der Waals surface area contributed by atoms with Crippen LogP contribution in [0.1, 0.15) is 42.3 Å². The Labute approximate surface area is 172 Å². The van der Waals surface area contributed by atoms with Crippen molar-refractivity contribution < 1.29 is 9.53 Å². The van der Waals surface area contributed by atoms with E-state index in [0.29, 0.717) is 12.1 Å². The molecular weight excluding hydrogens is 360 g/mol. The summed E-state index contributed by atoms with van der Waals surface area (Å²) >= 11 is 0. The Morgan fingerprint density at radius 3 is 2.34 bits per heavy atom. The molecule has 0 spiro atoms. The molecule has 4 heteroatoms. The number of hydrogen-bond donors (Lipinski definition) is 1. The van der Waals surface area contributed by atoms with Crippen molar-refractivity contribution >= 4 is 11.6 Å². The fourth-order valence-electron chi connectivity index (χ4n) is 3.89. The minimum Gasteiger partial charge on any atom is -0.491 e. The summed E-state index contributed by atoms with van der Waals surface area (Å²) in [5.41, 5.74) is 2.78. The molecule has 0 aromatic heterocycles. The van der Waals surface area contributed by atoms with Crippen LogP contribution < -0.4 is 10.1 Å². The maximum atomic E-state index is 13.6. The fourth-order valence-corrected chi connectivity index (χ4v) is 3.89. The Kier molecular flexibility index (Phi) is 5.01. The molecule has 4 rings (SSSR count). The average molecular weight is 386 g/mol. The van der Waals surface area contributed by atoms with Crippen LogP contribution in [0, 0.1) is 0 Å². The number of benzene rings is 3. The normalized spacial score (nSPS) is 18.3. The molecule has 3 aromatic rings. The first kappa shape index (κ1) is 19.1. The van der Waals surface area contributed by atoms with Crippen LogP contribution in [-0.2, 0) is 12.2 Å². The topological polar surface area (TPSA) is 41.6 Å². The number of fused-ring (bicyclic) bond motifs is 1. The summed E-state index contributed by atoms with van der Waals surface area (Å²) < 4.78 is 6.11. The standard InChI is InChI=1S/C25H26N2O2/c1-18(2)29-23-16-10-8-14-21(23)25(3)26-22-15-9-7-13-20(22)24(28)27(25)17-19-11-5-4-6-12-19/h4-16,18,26H,17H2,1-3H3. The van der Waals surface area contributed by atoms with E-state index in [2.05, 4.69) is 5.32 Å². The number of nitrogens with zero attached hydrogens (tertiary/aromatic N) is 1. The number of rotatable bonds is 5. The second kappa shape index (κ2) is 7.63. The molecule has 0 fully saturated rings. The first-order valence-electron chi connectivity index (χ1n) is 9.98. The number of carbonyl (C=O) groups is 1. The first-order valence-corrected chi connectivity index (χ1v) is 9.98. The van der Waals surface area contributed by atoms with E-state index in [0.717, 1.165) is 22.6 Å².